The number of thioether (sulfide) groups is 1. The molecule has 2 aromatic carbocycles. The monoisotopic (exact) mass is 381 g/mol. The van der Waals surface area contributed by atoms with Crippen LogP contribution < -0.4 is 4.90 Å². The summed E-state index contributed by atoms with van der Waals surface area (Å²) >= 11 is 1.24. The van der Waals surface area contributed by atoms with Gasteiger partial charge in [-0.15, -0.1) is 11.8 Å². The fourth-order valence-corrected chi connectivity index (χ4v) is 4.07. The van der Waals surface area contributed by atoms with E-state index in [4.69, 9.17) is 0 Å². The molecule has 140 valence electrons. The minimum absolute atomic E-state index is 0.0561. The zero-order valence-electron chi connectivity index (χ0n) is 16.0. The molecule has 0 aromatic heterocycles. The third-order valence-corrected chi connectivity index (χ3v) is 5.83. The van der Waals surface area contributed by atoms with Gasteiger partial charge in [0.25, 0.3) is 11.8 Å². The van der Waals surface area contributed by atoms with E-state index < -0.39 is 0 Å². The maximum atomic E-state index is 13.3. The number of aliphatic hydroxyl groups is 1. The highest BCUT2D eigenvalue weighted by atomic mass is 32.2. The maximum Gasteiger partial charge on any atom is 0.272 e. The van der Waals surface area contributed by atoms with Crippen LogP contribution in [0.3, 0.4) is 0 Å². The van der Waals surface area contributed by atoms with Gasteiger partial charge in [-0.25, -0.2) is 4.90 Å². The summed E-state index contributed by atoms with van der Waals surface area (Å²) < 4.78 is 0. The number of aryl methyl sites for hydroxylation is 4. The molecule has 1 N–H and O–H groups in total. The summed E-state index contributed by atoms with van der Waals surface area (Å²) in [4.78, 5) is 28.1. The van der Waals surface area contributed by atoms with Gasteiger partial charge < -0.3 is 5.11 Å². The van der Waals surface area contributed by atoms with Gasteiger partial charge in [-0.3, -0.25) is 9.59 Å². The van der Waals surface area contributed by atoms with Gasteiger partial charge in [0.1, 0.15) is 0 Å². The van der Waals surface area contributed by atoms with Crippen molar-refractivity contribution in [2.45, 2.75) is 27.7 Å². The first-order chi connectivity index (χ1) is 12.8. The van der Waals surface area contributed by atoms with E-state index in [1.54, 1.807) is 6.07 Å². The van der Waals surface area contributed by atoms with Gasteiger partial charge in [0.05, 0.1) is 22.8 Å². The third-order valence-electron chi connectivity index (χ3n) is 4.78. The molecule has 0 atom stereocenters. The first-order valence-corrected chi connectivity index (χ1v) is 9.85. The molecule has 1 aliphatic heterocycles. The Kier molecular flexibility index (Phi) is 5.53. The molecule has 4 nitrogen and oxygen atoms in total. The number of imide groups is 1. The first-order valence-electron chi connectivity index (χ1n) is 8.86. The minimum atomic E-state index is -0.323. The number of hydrogen-bond donors (Lipinski definition) is 1. The molecule has 0 fully saturated rings. The summed E-state index contributed by atoms with van der Waals surface area (Å²) in [6.45, 7) is 7.84. The van der Waals surface area contributed by atoms with E-state index in [1.807, 2.05) is 58.0 Å². The molecule has 1 heterocycles. The molecule has 0 saturated carbocycles. The van der Waals surface area contributed by atoms with Gasteiger partial charge in [0.2, 0.25) is 0 Å². The van der Waals surface area contributed by atoms with Crippen LogP contribution in [-0.2, 0) is 9.59 Å². The molecule has 0 aliphatic carbocycles. The minimum Gasteiger partial charge on any atom is -0.396 e. The zero-order chi connectivity index (χ0) is 19.7. The average Bonchev–Trinajstić information content (AvgIpc) is 2.86. The number of benzene rings is 2. The molecular weight excluding hydrogens is 358 g/mol. The number of hydrogen-bond acceptors (Lipinski definition) is 4. The first kappa shape index (κ1) is 19.4. The lowest BCUT2D eigenvalue weighted by atomic mass is 9.98. The molecule has 0 unspecified atom stereocenters. The van der Waals surface area contributed by atoms with Crippen molar-refractivity contribution in [1.29, 1.82) is 0 Å². The van der Waals surface area contributed by atoms with Crippen LogP contribution in [0.15, 0.2) is 41.3 Å². The van der Waals surface area contributed by atoms with Crippen LogP contribution in [0.25, 0.3) is 5.57 Å². The summed E-state index contributed by atoms with van der Waals surface area (Å²) in [6, 6.07) is 11.4. The number of nitrogens with zero attached hydrogens (tertiary/aromatic N) is 1. The topological polar surface area (TPSA) is 57.6 Å². The van der Waals surface area contributed by atoms with Gasteiger partial charge in [-0.2, -0.15) is 0 Å². The van der Waals surface area contributed by atoms with E-state index in [-0.39, 0.29) is 18.4 Å². The normalized spacial score (nSPS) is 14.5. The lowest BCUT2D eigenvalue weighted by Crippen LogP contribution is -2.31. The third kappa shape index (κ3) is 3.57. The van der Waals surface area contributed by atoms with E-state index in [0.717, 1.165) is 27.8 Å². The maximum absolute atomic E-state index is 13.3. The van der Waals surface area contributed by atoms with E-state index in [2.05, 4.69) is 0 Å². The molecule has 5 heteroatoms. The second kappa shape index (κ2) is 7.71. The zero-order valence-corrected chi connectivity index (χ0v) is 16.8. The van der Waals surface area contributed by atoms with Crippen molar-refractivity contribution in [1.82, 2.24) is 0 Å². The number of aliphatic hydroxyl groups excluding tert-OH is 1. The molecule has 3 rings (SSSR count). The van der Waals surface area contributed by atoms with Crippen molar-refractivity contribution in [2.24, 2.45) is 0 Å². The van der Waals surface area contributed by atoms with Crippen LogP contribution in [-0.4, -0.2) is 29.3 Å². The molecule has 0 saturated heterocycles. The van der Waals surface area contributed by atoms with Crippen LogP contribution in [0.1, 0.15) is 27.8 Å². The highest BCUT2D eigenvalue weighted by Crippen LogP contribution is 2.39. The highest BCUT2D eigenvalue weighted by Gasteiger charge is 2.40. The fraction of sp³-hybridized carbons (Fsp3) is 0.273. The van der Waals surface area contributed by atoms with Crippen molar-refractivity contribution in [3.8, 4) is 0 Å². The Morgan fingerprint density at radius 3 is 2.26 bits per heavy atom. The number of carbonyl (C=O) groups excluding carboxylic acids is 2. The van der Waals surface area contributed by atoms with E-state index in [1.165, 1.54) is 16.7 Å². The summed E-state index contributed by atoms with van der Waals surface area (Å²) in [5, 5.41) is 9.22. The fourth-order valence-electron chi connectivity index (χ4n) is 3.22. The van der Waals surface area contributed by atoms with Gasteiger partial charge in [0, 0.05) is 5.75 Å². The Morgan fingerprint density at radius 1 is 0.889 bits per heavy atom. The van der Waals surface area contributed by atoms with E-state index in [0.29, 0.717) is 21.9 Å². The van der Waals surface area contributed by atoms with Crippen molar-refractivity contribution in [3.05, 3.63) is 69.1 Å². The van der Waals surface area contributed by atoms with Crippen LogP contribution in [0.5, 0.6) is 0 Å². The Morgan fingerprint density at radius 2 is 1.63 bits per heavy atom. The quantitative estimate of drug-likeness (QED) is 0.798. The summed E-state index contributed by atoms with van der Waals surface area (Å²) in [7, 11) is 0. The number of carbonyl (C=O) groups is 2. The number of rotatable bonds is 5. The number of amides is 2. The van der Waals surface area contributed by atoms with Gasteiger partial charge >= 0.3 is 0 Å². The Bertz CT molecular complexity index is 962. The Hall–Kier alpha value is -2.37. The van der Waals surface area contributed by atoms with Gasteiger partial charge in [0.15, 0.2) is 0 Å². The molecule has 0 radical (unpaired) electrons. The lowest BCUT2D eigenvalue weighted by Gasteiger charge is -2.17. The molecule has 2 aromatic rings. The van der Waals surface area contributed by atoms with Crippen LogP contribution in [0.2, 0.25) is 0 Å². The Balaban J connectivity index is 2.12. The van der Waals surface area contributed by atoms with Gasteiger partial charge in [-0.1, -0.05) is 29.8 Å². The van der Waals surface area contributed by atoms with E-state index >= 15 is 0 Å². The molecule has 0 spiro atoms. The van der Waals surface area contributed by atoms with Crippen molar-refractivity contribution in [2.75, 3.05) is 17.3 Å². The number of anilines is 1. The molecule has 0 bridgehead atoms. The van der Waals surface area contributed by atoms with E-state index in [9.17, 15) is 14.7 Å². The SMILES string of the molecule is Cc1ccc(C2=C(SCCO)C(=O)N(c3ccc(C)c(C)c3)C2=O)c(C)c1. The average molecular weight is 381 g/mol. The van der Waals surface area contributed by atoms with Crippen LogP contribution in [0.4, 0.5) is 5.69 Å². The second-order valence-electron chi connectivity index (χ2n) is 6.81. The van der Waals surface area contributed by atoms with Crippen molar-refractivity contribution >= 4 is 34.8 Å². The summed E-state index contributed by atoms with van der Waals surface area (Å²) in [5.74, 6) is -0.267. The predicted molar refractivity (Wildman–Crippen MR) is 111 cm³/mol. The predicted octanol–water partition coefficient (Wildman–Crippen LogP) is 3.93. The van der Waals surface area contributed by atoms with Crippen molar-refractivity contribution in [3.63, 3.8) is 0 Å². The molecule has 27 heavy (non-hydrogen) atoms. The van der Waals surface area contributed by atoms with Crippen LogP contribution in [0, 0.1) is 27.7 Å². The Labute approximate surface area is 163 Å². The summed E-state index contributed by atoms with van der Waals surface area (Å²) in [6.07, 6.45) is 0. The van der Waals surface area contributed by atoms with Crippen molar-refractivity contribution < 1.29 is 14.7 Å². The highest BCUT2D eigenvalue weighted by molar-refractivity contribution is 8.04. The lowest BCUT2D eigenvalue weighted by molar-refractivity contribution is -0.119. The van der Waals surface area contributed by atoms with Gasteiger partial charge in [-0.05, 0) is 62.1 Å². The molecular formula is C22H23NO3S. The standard InChI is InChI=1S/C22H23NO3S/c1-13-5-8-18(16(4)11-13)19-20(27-10-9-24)22(26)23(21(19)25)17-7-6-14(2)15(3)12-17/h5-8,11-12,24H,9-10H2,1-4H3. The largest absolute Gasteiger partial charge is 0.396 e. The van der Waals surface area contributed by atoms with Crippen LogP contribution >= 0.6 is 11.8 Å². The summed E-state index contributed by atoms with van der Waals surface area (Å²) in [5.41, 5.74) is 5.96. The second-order valence-corrected chi connectivity index (χ2v) is 7.91. The smallest absolute Gasteiger partial charge is 0.272 e. The molecule has 2 amide bonds. The molecule has 1 aliphatic rings.